The summed E-state index contributed by atoms with van der Waals surface area (Å²) in [7, 11) is 0. The number of aromatic nitrogens is 5. The van der Waals surface area contributed by atoms with Crippen LogP contribution in [0.2, 0.25) is 0 Å². The lowest BCUT2D eigenvalue weighted by atomic mass is 10.2. The number of hydrogen-bond acceptors (Lipinski definition) is 6. The first-order chi connectivity index (χ1) is 10.8. The van der Waals surface area contributed by atoms with E-state index < -0.39 is 0 Å². The fourth-order valence-electron chi connectivity index (χ4n) is 1.91. The molecule has 0 saturated carbocycles. The minimum absolute atomic E-state index is 0.277. The molecule has 6 nitrogen and oxygen atoms in total. The maximum atomic E-state index is 12.9. The van der Waals surface area contributed by atoms with Crippen molar-refractivity contribution in [2.24, 2.45) is 0 Å². The standard InChI is InChI=1S/C14H14FN5OS/c1-2-7-20-13(17-18-19-20)9-22-14-16-8-12(21-14)10-3-5-11(15)6-4-10/h3-6,8H,2,7,9H2,1H3. The molecule has 0 amide bonds. The highest BCUT2D eigenvalue weighted by Gasteiger charge is 2.10. The van der Waals surface area contributed by atoms with Gasteiger partial charge in [-0.25, -0.2) is 14.1 Å². The Balaban J connectivity index is 1.67. The maximum absolute atomic E-state index is 12.9. The molecule has 0 spiro atoms. The Bertz CT molecular complexity index is 740. The van der Waals surface area contributed by atoms with E-state index in [1.807, 2.05) is 0 Å². The van der Waals surface area contributed by atoms with Crippen molar-refractivity contribution in [1.29, 1.82) is 0 Å². The normalized spacial score (nSPS) is 11.0. The molecule has 2 heterocycles. The van der Waals surface area contributed by atoms with Crippen LogP contribution < -0.4 is 0 Å². The lowest BCUT2D eigenvalue weighted by Crippen LogP contribution is -2.04. The first-order valence-electron chi connectivity index (χ1n) is 6.86. The van der Waals surface area contributed by atoms with Gasteiger partial charge in [-0.1, -0.05) is 18.7 Å². The van der Waals surface area contributed by atoms with E-state index in [0.717, 1.165) is 24.4 Å². The Morgan fingerprint density at radius 1 is 1.27 bits per heavy atom. The molecule has 2 aromatic heterocycles. The topological polar surface area (TPSA) is 69.6 Å². The molecular formula is C14H14FN5OS. The van der Waals surface area contributed by atoms with Gasteiger partial charge >= 0.3 is 0 Å². The summed E-state index contributed by atoms with van der Waals surface area (Å²) in [5.41, 5.74) is 0.788. The molecule has 0 saturated heterocycles. The molecule has 3 rings (SSSR count). The third kappa shape index (κ3) is 3.33. The van der Waals surface area contributed by atoms with Crippen molar-refractivity contribution >= 4 is 11.8 Å². The maximum Gasteiger partial charge on any atom is 0.256 e. The van der Waals surface area contributed by atoms with E-state index in [9.17, 15) is 4.39 Å². The van der Waals surface area contributed by atoms with Crippen LogP contribution in [-0.2, 0) is 12.3 Å². The minimum atomic E-state index is -0.277. The molecule has 0 N–H and O–H groups in total. The van der Waals surface area contributed by atoms with Gasteiger partial charge in [0.15, 0.2) is 11.6 Å². The van der Waals surface area contributed by atoms with Crippen molar-refractivity contribution in [3.8, 4) is 11.3 Å². The average Bonchev–Trinajstić information content (AvgIpc) is 3.16. The second kappa shape index (κ2) is 6.69. The number of hydrogen-bond donors (Lipinski definition) is 0. The zero-order chi connectivity index (χ0) is 15.4. The SMILES string of the molecule is CCCn1nnnc1CSc1ncc(-c2ccc(F)cc2)o1. The molecule has 0 atom stereocenters. The molecule has 0 radical (unpaired) electrons. The highest BCUT2D eigenvalue weighted by molar-refractivity contribution is 7.98. The number of nitrogens with zero attached hydrogens (tertiary/aromatic N) is 5. The van der Waals surface area contributed by atoms with Crippen LogP contribution in [-0.4, -0.2) is 25.2 Å². The van der Waals surface area contributed by atoms with E-state index in [2.05, 4.69) is 27.4 Å². The van der Waals surface area contributed by atoms with Gasteiger partial charge in [0.05, 0.1) is 11.9 Å². The van der Waals surface area contributed by atoms with Crippen LogP contribution in [0.4, 0.5) is 4.39 Å². The van der Waals surface area contributed by atoms with E-state index >= 15 is 0 Å². The summed E-state index contributed by atoms with van der Waals surface area (Å²) in [5.74, 6) is 1.70. The molecule has 0 aliphatic heterocycles. The third-order valence-electron chi connectivity index (χ3n) is 2.98. The Hall–Kier alpha value is -2.22. The Morgan fingerprint density at radius 3 is 2.86 bits per heavy atom. The fourth-order valence-corrected chi connectivity index (χ4v) is 2.65. The van der Waals surface area contributed by atoms with Gasteiger partial charge in [0.25, 0.3) is 5.22 Å². The van der Waals surface area contributed by atoms with Crippen molar-refractivity contribution in [2.75, 3.05) is 0 Å². The van der Waals surface area contributed by atoms with E-state index in [-0.39, 0.29) is 5.82 Å². The first kappa shape index (κ1) is 14.7. The summed E-state index contributed by atoms with van der Waals surface area (Å²) in [6.45, 7) is 2.86. The van der Waals surface area contributed by atoms with Crippen LogP contribution >= 0.6 is 11.8 Å². The number of halogens is 1. The van der Waals surface area contributed by atoms with E-state index in [0.29, 0.717) is 16.7 Å². The van der Waals surface area contributed by atoms with Crippen LogP contribution in [0, 0.1) is 5.82 Å². The van der Waals surface area contributed by atoms with Crippen LogP contribution in [0.25, 0.3) is 11.3 Å². The number of tetrazole rings is 1. The monoisotopic (exact) mass is 319 g/mol. The second-order valence-electron chi connectivity index (χ2n) is 4.60. The molecule has 0 aliphatic carbocycles. The average molecular weight is 319 g/mol. The highest BCUT2D eigenvalue weighted by Crippen LogP contribution is 2.27. The quantitative estimate of drug-likeness (QED) is 0.650. The lowest BCUT2D eigenvalue weighted by molar-refractivity contribution is 0.465. The zero-order valence-electron chi connectivity index (χ0n) is 11.9. The fraction of sp³-hybridized carbons (Fsp3) is 0.286. The van der Waals surface area contributed by atoms with Crippen molar-refractivity contribution < 1.29 is 8.81 Å². The van der Waals surface area contributed by atoms with Gasteiger partial charge in [-0.15, -0.1) is 5.10 Å². The largest absolute Gasteiger partial charge is 0.431 e. The summed E-state index contributed by atoms with van der Waals surface area (Å²) in [6, 6.07) is 6.10. The zero-order valence-corrected chi connectivity index (χ0v) is 12.8. The third-order valence-corrected chi connectivity index (χ3v) is 3.82. The number of rotatable bonds is 6. The Labute approximate surface area is 130 Å². The van der Waals surface area contributed by atoms with Gasteiger partial charge in [0.2, 0.25) is 0 Å². The summed E-state index contributed by atoms with van der Waals surface area (Å²) >= 11 is 1.42. The van der Waals surface area contributed by atoms with Gasteiger partial charge in [-0.2, -0.15) is 0 Å². The molecule has 22 heavy (non-hydrogen) atoms. The molecule has 0 fully saturated rings. The molecular weight excluding hydrogens is 305 g/mol. The van der Waals surface area contributed by atoms with Gasteiger partial charge < -0.3 is 4.42 Å². The molecule has 0 unspecified atom stereocenters. The van der Waals surface area contributed by atoms with Crippen LogP contribution in [0.1, 0.15) is 19.2 Å². The van der Waals surface area contributed by atoms with E-state index in [4.69, 9.17) is 4.42 Å². The smallest absolute Gasteiger partial charge is 0.256 e. The van der Waals surface area contributed by atoms with E-state index in [1.165, 1.54) is 23.9 Å². The van der Waals surface area contributed by atoms with E-state index in [1.54, 1.807) is 23.0 Å². The predicted octanol–water partition coefficient (Wildman–Crippen LogP) is 3.17. The van der Waals surface area contributed by atoms with Gasteiger partial charge in [0.1, 0.15) is 5.82 Å². The highest BCUT2D eigenvalue weighted by atomic mass is 32.2. The number of benzene rings is 1. The van der Waals surface area contributed by atoms with Crippen LogP contribution in [0.3, 0.4) is 0 Å². The summed E-state index contributed by atoms with van der Waals surface area (Å²) in [4.78, 5) is 4.21. The molecule has 3 aromatic rings. The number of oxazole rings is 1. The first-order valence-corrected chi connectivity index (χ1v) is 7.84. The lowest BCUT2D eigenvalue weighted by Gasteiger charge is -2.00. The van der Waals surface area contributed by atoms with Crippen molar-refractivity contribution in [2.45, 2.75) is 30.9 Å². The van der Waals surface area contributed by atoms with Crippen molar-refractivity contribution in [3.63, 3.8) is 0 Å². The summed E-state index contributed by atoms with van der Waals surface area (Å²) < 4.78 is 20.3. The van der Waals surface area contributed by atoms with Crippen molar-refractivity contribution in [1.82, 2.24) is 25.2 Å². The van der Waals surface area contributed by atoms with Crippen LogP contribution in [0.15, 0.2) is 40.1 Å². The van der Waals surface area contributed by atoms with Crippen molar-refractivity contribution in [3.05, 3.63) is 42.1 Å². The Morgan fingerprint density at radius 2 is 2.09 bits per heavy atom. The summed E-state index contributed by atoms with van der Waals surface area (Å²) in [5, 5.41) is 12.1. The van der Waals surface area contributed by atoms with Gasteiger partial charge in [-0.05, 0) is 41.1 Å². The number of thioether (sulfide) groups is 1. The Kier molecular flexibility index (Phi) is 4.47. The second-order valence-corrected chi connectivity index (χ2v) is 5.53. The van der Waals surface area contributed by atoms with Gasteiger partial charge in [0, 0.05) is 12.1 Å². The molecule has 8 heteroatoms. The van der Waals surface area contributed by atoms with Gasteiger partial charge in [-0.3, -0.25) is 0 Å². The minimum Gasteiger partial charge on any atom is -0.431 e. The molecule has 1 aromatic carbocycles. The molecule has 0 aliphatic rings. The van der Waals surface area contributed by atoms with Crippen LogP contribution in [0.5, 0.6) is 0 Å². The summed E-state index contributed by atoms with van der Waals surface area (Å²) in [6.07, 6.45) is 2.60. The molecule has 0 bridgehead atoms. The predicted molar refractivity (Wildman–Crippen MR) is 79.6 cm³/mol. The molecule has 114 valence electrons. The number of aryl methyl sites for hydroxylation is 1.